The van der Waals surface area contributed by atoms with E-state index < -0.39 is 7.14 Å². The van der Waals surface area contributed by atoms with E-state index in [9.17, 15) is 9.36 Å². The van der Waals surface area contributed by atoms with Gasteiger partial charge in [-0.3, -0.25) is 0 Å². The average molecular weight is 545 g/mol. The molecule has 0 radical (unpaired) electrons. The maximum absolute atomic E-state index is 14.8. The number of carbonyl (C=O) groups excluding carboxylic acids is 1. The Morgan fingerprint density at radius 3 is 1.40 bits per heavy atom. The molecule has 194 valence electrons. The zero-order valence-corrected chi connectivity index (χ0v) is 21.9. The Morgan fingerprint density at radius 2 is 0.950 bits per heavy atom. The van der Waals surface area contributed by atoms with Gasteiger partial charge in [0.25, 0.3) is 6.26 Å². The molecular formula is C32H21N2O5P. The molecule has 5 aromatic carbocycles. The van der Waals surface area contributed by atoms with E-state index in [1.807, 2.05) is 54.6 Å². The molecule has 0 aliphatic carbocycles. The van der Waals surface area contributed by atoms with Crippen LogP contribution >= 0.6 is 7.14 Å². The summed E-state index contributed by atoms with van der Waals surface area (Å²) in [7, 11) is -3.22. The third kappa shape index (κ3) is 5.85. The molecule has 7 nitrogen and oxygen atoms in total. The van der Waals surface area contributed by atoms with Crippen LogP contribution in [-0.4, -0.2) is 6.08 Å². The molecule has 40 heavy (non-hydrogen) atoms. The van der Waals surface area contributed by atoms with Crippen LogP contribution in [0.3, 0.4) is 0 Å². The molecule has 1 unspecified atom stereocenters. The Hall–Kier alpha value is -5.40. The zero-order chi connectivity index (χ0) is 27.8. The Morgan fingerprint density at radius 1 is 0.550 bits per heavy atom. The van der Waals surface area contributed by atoms with Crippen LogP contribution in [0.25, 0.3) is 0 Å². The molecule has 8 heteroatoms. The van der Waals surface area contributed by atoms with Crippen molar-refractivity contribution in [3.63, 3.8) is 0 Å². The molecule has 1 atom stereocenters. The molecule has 0 heterocycles. The Kier molecular flexibility index (Phi) is 7.85. The first-order valence-electron chi connectivity index (χ1n) is 12.1. The van der Waals surface area contributed by atoms with Crippen molar-refractivity contribution in [2.24, 2.45) is 4.99 Å². The molecule has 0 aromatic heterocycles. The van der Waals surface area contributed by atoms with Crippen LogP contribution in [-0.2, 0) is 9.36 Å². The quantitative estimate of drug-likeness (QED) is 0.0883. The number of rotatable bonds is 9. The molecule has 0 aliphatic heterocycles. The van der Waals surface area contributed by atoms with E-state index in [4.69, 9.17) is 19.5 Å². The van der Waals surface area contributed by atoms with Crippen molar-refractivity contribution < 1.29 is 23.6 Å². The van der Waals surface area contributed by atoms with Gasteiger partial charge in [0.2, 0.25) is 6.08 Å². The minimum absolute atomic E-state index is 0.424. The van der Waals surface area contributed by atoms with E-state index in [1.165, 1.54) is 6.08 Å². The lowest BCUT2D eigenvalue weighted by Crippen LogP contribution is -2.24. The van der Waals surface area contributed by atoms with Crippen molar-refractivity contribution in [1.29, 1.82) is 5.26 Å². The van der Waals surface area contributed by atoms with Crippen LogP contribution in [0.5, 0.6) is 28.7 Å². The number of isocyanates is 1. The van der Waals surface area contributed by atoms with Crippen LogP contribution in [0.2, 0.25) is 0 Å². The molecular weight excluding hydrogens is 523 g/mol. The van der Waals surface area contributed by atoms with Gasteiger partial charge in [0.15, 0.2) is 7.14 Å². The second-order valence-corrected chi connectivity index (χ2v) is 11.3. The van der Waals surface area contributed by atoms with E-state index >= 15 is 0 Å². The number of nitrogens with zero attached hydrogens (tertiary/aromatic N) is 2. The lowest BCUT2D eigenvalue weighted by atomic mass is 10.3. The van der Waals surface area contributed by atoms with Gasteiger partial charge in [-0.25, -0.2) is 4.79 Å². The van der Waals surface area contributed by atoms with Crippen molar-refractivity contribution in [3.8, 4) is 35.0 Å². The van der Waals surface area contributed by atoms with E-state index in [0.717, 1.165) is 0 Å². The predicted octanol–water partition coefficient (Wildman–Crippen LogP) is 6.74. The molecule has 0 saturated carbocycles. The number of hydrogen-bond donors (Lipinski definition) is 0. The Bertz CT molecular complexity index is 1720. The fraction of sp³-hybridized carbons (Fsp3) is 0. The molecule has 0 aliphatic rings. The second kappa shape index (κ2) is 12.0. The van der Waals surface area contributed by atoms with E-state index in [2.05, 4.69) is 4.99 Å². The highest BCUT2D eigenvalue weighted by atomic mass is 31.2. The minimum atomic E-state index is -3.22. The van der Waals surface area contributed by atoms with E-state index in [-0.39, 0.29) is 0 Å². The molecule has 0 spiro atoms. The van der Waals surface area contributed by atoms with Crippen LogP contribution in [0.1, 0.15) is 0 Å². The number of hydrogen-bond acceptors (Lipinski definition) is 7. The highest BCUT2D eigenvalue weighted by Crippen LogP contribution is 2.43. The smallest absolute Gasteiger partial charge is 0.292 e. The maximum Gasteiger partial charge on any atom is 0.292 e. The van der Waals surface area contributed by atoms with Gasteiger partial charge in [-0.05, 0) is 97.1 Å². The van der Waals surface area contributed by atoms with Crippen molar-refractivity contribution in [2.45, 2.75) is 0 Å². The highest BCUT2D eigenvalue weighted by molar-refractivity contribution is 7.85. The molecule has 0 N–H and O–H groups in total. The summed E-state index contributed by atoms with van der Waals surface area (Å²) >= 11 is 0. The van der Waals surface area contributed by atoms with Gasteiger partial charge in [0.05, 0.1) is 5.69 Å². The summed E-state index contributed by atoms with van der Waals surface area (Å²) in [5.41, 5.74) is 0.487. The molecule has 5 rings (SSSR count). The summed E-state index contributed by atoms with van der Waals surface area (Å²) in [6, 6.07) is 37.1. The molecule has 0 saturated heterocycles. The second-order valence-electron chi connectivity index (χ2n) is 8.50. The summed E-state index contributed by atoms with van der Waals surface area (Å²) in [6.45, 7) is 0. The van der Waals surface area contributed by atoms with Gasteiger partial charge in [0, 0.05) is 15.9 Å². The Labute approximate surface area is 230 Å². The first-order chi connectivity index (χ1) is 19.6. The number of nitriles is 1. The van der Waals surface area contributed by atoms with Gasteiger partial charge in [-0.1, -0.05) is 30.3 Å². The van der Waals surface area contributed by atoms with Crippen LogP contribution in [0.4, 0.5) is 5.69 Å². The van der Waals surface area contributed by atoms with Crippen LogP contribution < -0.4 is 30.1 Å². The summed E-state index contributed by atoms with van der Waals surface area (Å²) in [5.74, 6) is 2.72. The Balaban J connectivity index is 1.40. The van der Waals surface area contributed by atoms with Crippen LogP contribution in [0, 0.1) is 11.5 Å². The molecule has 0 fully saturated rings. The SMILES string of the molecule is N#COc1ccc(Oc2ccc(P(=O)(c3ccccc3)c3ccc(Oc4ccc(N=C=O)cc4)cc3)cc2)cc1. The molecule has 5 aromatic rings. The summed E-state index contributed by atoms with van der Waals surface area (Å²) in [4.78, 5) is 14.0. The van der Waals surface area contributed by atoms with Gasteiger partial charge in [0.1, 0.15) is 28.7 Å². The first kappa shape index (κ1) is 26.2. The van der Waals surface area contributed by atoms with Gasteiger partial charge >= 0.3 is 0 Å². The number of ether oxygens (including phenoxy) is 3. The fourth-order valence-corrected chi connectivity index (χ4v) is 6.70. The van der Waals surface area contributed by atoms with E-state index in [0.29, 0.717) is 50.3 Å². The maximum atomic E-state index is 14.8. The topological polar surface area (TPSA) is 98.0 Å². The third-order valence-electron chi connectivity index (χ3n) is 5.99. The minimum Gasteiger partial charge on any atom is -0.457 e. The average Bonchev–Trinajstić information content (AvgIpc) is 3.00. The van der Waals surface area contributed by atoms with E-state index in [1.54, 1.807) is 79.1 Å². The van der Waals surface area contributed by atoms with Crippen molar-refractivity contribution in [2.75, 3.05) is 0 Å². The lowest BCUT2D eigenvalue weighted by molar-refractivity contribution is 0.477. The largest absolute Gasteiger partial charge is 0.457 e. The third-order valence-corrected chi connectivity index (χ3v) is 9.07. The lowest BCUT2D eigenvalue weighted by Gasteiger charge is -2.20. The molecule has 0 bridgehead atoms. The monoisotopic (exact) mass is 544 g/mol. The van der Waals surface area contributed by atoms with Crippen molar-refractivity contribution in [3.05, 3.63) is 127 Å². The normalized spacial score (nSPS) is 11.8. The number of benzene rings is 5. The summed E-state index contributed by atoms with van der Waals surface area (Å²) < 4.78 is 31.4. The standard InChI is InChI=1S/C32H21N2O5P/c33-22-37-25-10-12-27(13-11-25)39-29-16-20-32(21-17-29)40(36,30-4-2-1-3-5-30)31-18-14-28(15-19-31)38-26-8-6-24(7-9-26)34-23-35/h1-21H. The van der Waals surface area contributed by atoms with Crippen molar-refractivity contribution >= 4 is 34.8 Å². The highest BCUT2D eigenvalue weighted by Gasteiger charge is 2.29. The zero-order valence-electron chi connectivity index (χ0n) is 21.0. The van der Waals surface area contributed by atoms with Crippen molar-refractivity contribution in [1.82, 2.24) is 0 Å². The van der Waals surface area contributed by atoms with Crippen LogP contribution in [0.15, 0.2) is 132 Å². The summed E-state index contributed by atoms with van der Waals surface area (Å²) in [5, 5.41) is 10.6. The molecule has 0 amide bonds. The fourth-order valence-electron chi connectivity index (χ4n) is 4.08. The summed E-state index contributed by atoms with van der Waals surface area (Å²) in [6.07, 6.45) is 3.14. The van der Waals surface area contributed by atoms with Gasteiger partial charge in [-0.15, -0.1) is 5.26 Å². The van der Waals surface area contributed by atoms with Gasteiger partial charge < -0.3 is 18.8 Å². The van der Waals surface area contributed by atoms with Gasteiger partial charge in [-0.2, -0.15) is 4.99 Å². The number of aliphatic imine (C=N–C) groups is 1. The first-order valence-corrected chi connectivity index (χ1v) is 13.9. The predicted molar refractivity (Wildman–Crippen MR) is 153 cm³/mol.